The summed E-state index contributed by atoms with van der Waals surface area (Å²) in [5.41, 5.74) is 4.58. The summed E-state index contributed by atoms with van der Waals surface area (Å²) in [6, 6.07) is 3.56. The summed E-state index contributed by atoms with van der Waals surface area (Å²) in [7, 11) is 0. The number of primary amides is 1. The van der Waals surface area contributed by atoms with Crippen molar-refractivity contribution in [3.05, 3.63) is 44.2 Å². The number of rotatable bonds is 3. The van der Waals surface area contributed by atoms with E-state index in [0.29, 0.717) is 10.7 Å². The first-order chi connectivity index (χ1) is 12.7. The SMILES string of the molecule is NC(=O)NC(=O)[C@H]1CC(=O)Nc2nc(Nc3ccc(Cl)cc3Cl)[nH]c(=O)c21. The number of aromatic nitrogens is 2. The Labute approximate surface area is 161 Å². The van der Waals surface area contributed by atoms with E-state index in [1.165, 1.54) is 6.07 Å². The van der Waals surface area contributed by atoms with Crippen molar-refractivity contribution < 1.29 is 14.4 Å². The fraction of sp³-hybridized carbons (Fsp3) is 0.133. The molecule has 6 N–H and O–H groups in total. The minimum atomic E-state index is -1.20. The van der Waals surface area contributed by atoms with Crippen LogP contribution in [0.3, 0.4) is 0 Å². The molecular formula is C15H12Cl2N6O4. The summed E-state index contributed by atoms with van der Waals surface area (Å²) < 4.78 is 0. The molecule has 10 nitrogen and oxygen atoms in total. The number of anilines is 3. The first-order valence-electron chi connectivity index (χ1n) is 7.51. The zero-order valence-electron chi connectivity index (χ0n) is 13.4. The second kappa shape index (κ2) is 7.25. The van der Waals surface area contributed by atoms with Gasteiger partial charge in [0, 0.05) is 11.4 Å². The van der Waals surface area contributed by atoms with Crippen LogP contribution < -0.4 is 27.2 Å². The summed E-state index contributed by atoms with van der Waals surface area (Å²) in [5, 5.41) is 7.80. The second-order valence-electron chi connectivity index (χ2n) is 5.58. The molecule has 1 atom stereocenters. The molecule has 0 fully saturated rings. The monoisotopic (exact) mass is 410 g/mol. The molecule has 1 aliphatic heterocycles. The van der Waals surface area contributed by atoms with E-state index in [-0.39, 0.29) is 28.8 Å². The number of amides is 4. The number of nitrogens with zero attached hydrogens (tertiary/aromatic N) is 1. The first kappa shape index (κ1) is 18.7. The van der Waals surface area contributed by atoms with Crippen LogP contribution in [0.25, 0.3) is 0 Å². The Hall–Kier alpha value is -3.11. The zero-order chi connectivity index (χ0) is 19.7. The van der Waals surface area contributed by atoms with Gasteiger partial charge in [-0.2, -0.15) is 4.98 Å². The lowest BCUT2D eigenvalue weighted by Crippen LogP contribution is -2.43. The predicted molar refractivity (Wildman–Crippen MR) is 98.3 cm³/mol. The van der Waals surface area contributed by atoms with E-state index >= 15 is 0 Å². The lowest BCUT2D eigenvalue weighted by molar-refractivity contribution is -0.125. The molecule has 1 aromatic heterocycles. The zero-order valence-corrected chi connectivity index (χ0v) is 14.9. The number of hydrogen-bond donors (Lipinski definition) is 5. The number of nitrogens with two attached hydrogens (primary N) is 1. The maximum atomic E-state index is 12.5. The molecule has 140 valence electrons. The highest BCUT2D eigenvalue weighted by molar-refractivity contribution is 6.36. The van der Waals surface area contributed by atoms with Gasteiger partial charge in [0.15, 0.2) is 0 Å². The standard InChI is InChI=1S/C15H12Cl2N6O4/c16-5-1-2-8(7(17)3-5)19-15-21-11-10(13(26)23-15)6(4-9(24)20-11)12(25)22-14(18)27/h1-3,6H,4H2,(H3,18,22,25,27)(H3,19,20,21,23,24,26)/t6-/m0/s1. The molecule has 0 aliphatic carbocycles. The lowest BCUT2D eigenvalue weighted by Gasteiger charge is -2.23. The van der Waals surface area contributed by atoms with Crippen LogP contribution in [0.1, 0.15) is 17.9 Å². The van der Waals surface area contributed by atoms with Crippen molar-refractivity contribution in [2.75, 3.05) is 10.6 Å². The van der Waals surface area contributed by atoms with Gasteiger partial charge in [0.1, 0.15) is 5.82 Å². The number of carbonyl (C=O) groups excluding carboxylic acids is 3. The highest BCUT2D eigenvalue weighted by atomic mass is 35.5. The third-order valence-corrected chi connectivity index (χ3v) is 4.25. The van der Waals surface area contributed by atoms with E-state index in [9.17, 15) is 19.2 Å². The minimum Gasteiger partial charge on any atom is -0.351 e. The summed E-state index contributed by atoms with van der Waals surface area (Å²) in [6.45, 7) is 0. The van der Waals surface area contributed by atoms with E-state index in [4.69, 9.17) is 28.9 Å². The Morgan fingerprint density at radius 3 is 2.67 bits per heavy atom. The smallest absolute Gasteiger partial charge is 0.318 e. The van der Waals surface area contributed by atoms with Gasteiger partial charge >= 0.3 is 6.03 Å². The number of aromatic amines is 1. The van der Waals surface area contributed by atoms with Gasteiger partial charge in [-0.25, -0.2) is 4.79 Å². The van der Waals surface area contributed by atoms with E-state index < -0.39 is 29.3 Å². The average molecular weight is 411 g/mol. The molecule has 4 amide bonds. The number of hydrogen-bond acceptors (Lipinski definition) is 6. The molecular weight excluding hydrogens is 399 g/mol. The number of halogens is 2. The molecule has 0 saturated carbocycles. The number of nitrogens with one attached hydrogen (secondary N) is 4. The molecule has 0 spiro atoms. The van der Waals surface area contributed by atoms with Crippen LogP contribution in [0.5, 0.6) is 0 Å². The third-order valence-electron chi connectivity index (χ3n) is 3.70. The molecule has 3 rings (SSSR count). The summed E-state index contributed by atoms with van der Waals surface area (Å²) in [4.78, 5) is 53.9. The van der Waals surface area contributed by atoms with Crippen molar-refractivity contribution in [1.82, 2.24) is 15.3 Å². The van der Waals surface area contributed by atoms with Crippen LogP contribution >= 0.6 is 23.2 Å². The van der Waals surface area contributed by atoms with Crippen LogP contribution in [-0.4, -0.2) is 27.8 Å². The topological polar surface area (TPSA) is 159 Å². The summed E-state index contributed by atoms with van der Waals surface area (Å²) in [6.07, 6.45) is -0.327. The van der Waals surface area contributed by atoms with Crippen LogP contribution in [-0.2, 0) is 9.59 Å². The molecule has 1 aliphatic rings. The fourth-order valence-corrected chi connectivity index (χ4v) is 3.04. The summed E-state index contributed by atoms with van der Waals surface area (Å²) in [5.74, 6) is -2.73. The number of carbonyl (C=O) groups is 3. The Balaban J connectivity index is 1.98. The van der Waals surface area contributed by atoms with Crippen molar-refractivity contribution in [3.8, 4) is 0 Å². The van der Waals surface area contributed by atoms with Crippen LogP contribution in [0.4, 0.5) is 22.2 Å². The summed E-state index contributed by atoms with van der Waals surface area (Å²) >= 11 is 11.9. The van der Waals surface area contributed by atoms with Gasteiger partial charge in [-0.05, 0) is 18.2 Å². The van der Waals surface area contributed by atoms with Crippen LogP contribution in [0.15, 0.2) is 23.0 Å². The van der Waals surface area contributed by atoms with Crippen molar-refractivity contribution in [3.63, 3.8) is 0 Å². The molecule has 0 saturated heterocycles. The third kappa shape index (κ3) is 4.01. The Morgan fingerprint density at radius 1 is 1.26 bits per heavy atom. The lowest BCUT2D eigenvalue weighted by atomic mass is 9.92. The normalized spacial score (nSPS) is 15.5. The molecule has 1 aromatic carbocycles. The van der Waals surface area contributed by atoms with Gasteiger partial charge in [-0.3, -0.25) is 24.7 Å². The molecule has 2 aromatic rings. The van der Waals surface area contributed by atoms with Crippen molar-refractivity contribution in [2.45, 2.75) is 12.3 Å². The van der Waals surface area contributed by atoms with Gasteiger partial charge < -0.3 is 16.4 Å². The van der Waals surface area contributed by atoms with Crippen LogP contribution in [0.2, 0.25) is 10.0 Å². The van der Waals surface area contributed by atoms with E-state index in [2.05, 4.69) is 20.6 Å². The number of imide groups is 1. The average Bonchev–Trinajstić information content (AvgIpc) is 2.55. The number of fused-ring (bicyclic) bond motifs is 1. The second-order valence-corrected chi connectivity index (χ2v) is 6.43. The van der Waals surface area contributed by atoms with E-state index in [0.717, 1.165) is 0 Å². The highest BCUT2D eigenvalue weighted by Crippen LogP contribution is 2.30. The fourth-order valence-electron chi connectivity index (χ4n) is 2.58. The van der Waals surface area contributed by atoms with Crippen LogP contribution in [0, 0.1) is 0 Å². The number of urea groups is 1. The largest absolute Gasteiger partial charge is 0.351 e. The van der Waals surface area contributed by atoms with Crippen molar-refractivity contribution in [1.29, 1.82) is 0 Å². The first-order valence-corrected chi connectivity index (χ1v) is 8.26. The van der Waals surface area contributed by atoms with E-state index in [1.54, 1.807) is 12.1 Å². The maximum absolute atomic E-state index is 12.5. The predicted octanol–water partition coefficient (Wildman–Crippen LogP) is 1.44. The molecule has 27 heavy (non-hydrogen) atoms. The van der Waals surface area contributed by atoms with Crippen molar-refractivity contribution in [2.24, 2.45) is 5.73 Å². The Kier molecular flexibility index (Phi) is 5.02. The maximum Gasteiger partial charge on any atom is 0.318 e. The van der Waals surface area contributed by atoms with Gasteiger partial charge in [0.2, 0.25) is 17.8 Å². The molecule has 2 heterocycles. The molecule has 12 heteroatoms. The Morgan fingerprint density at radius 2 is 2.00 bits per heavy atom. The minimum absolute atomic E-state index is 0.0146. The molecule has 0 unspecified atom stereocenters. The Bertz CT molecular complexity index is 1020. The quantitative estimate of drug-likeness (QED) is 0.514. The van der Waals surface area contributed by atoms with Gasteiger partial charge in [-0.1, -0.05) is 23.2 Å². The molecule has 0 bridgehead atoms. The van der Waals surface area contributed by atoms with Crippen molar-refractivity contribution >= 4 is 58.5 Å². The van der Waals surface area contributed by atoms with Gasteiger partial charge in [0.25, 0.3) is 5.56 Å². The number of benzene rings is 1. The van der Waals surface area contributed by atoms with Gasteiger partial charge in [-0.15, -0.1) is 0 Å². The highest BCUT2D eigenvalue weighted by Gasteiger charge is 2.35. The molecule has 0 radical (unpaired) electrons. The van der Waals surface area contributed by atoms with Gasteiger partial charge in [0.05, 0.1) is 22.2 Å². The van der Waals surface area contributed by atoms with E-state index in [1.807, 2.05) is 5.32 Å². The number of H-pyrrole nitrogens is 1.